The van der Waals surface area contributed by atoms with Crippen molar-refractivity contribution in [3.63, 3.8) is 0 Å². The molecule has 332 valence electrons. The molecule has 15 nitrogen and oxygen atoms in total. The highest BCUT2D eigenvalue weighted by Gasteiger charge is 2.36. The average Bonchev–Trinajstić information content (AvgIpc) is 3.67. The molecule has 0 saturated carbocycles. The van der Waals surface area contributed by atoms with Gasteiger partial charge in [0.1, 0.15) is 30.5 Å². The molecule has 1 aromatic carbocycles. The van der Waals surface area contributed by atoms with E-state index < -0.39 is 53.8 Å². The summed E-state index contributed by atoms with van der Waals surface area (Å²) in [6, 6.07) is 3.38. The van der Waals surface area contributed by atoms with E-state index in [2.05, 4.69) is 22.5 Å². The Morgan fingerprint density at radius 2 is 1.54 bits per heavy atom. The van der Waals surface area contributed by atoms with Crippen LogP contribution < -0.4 is 10.6 Å². The van der Waals surface area contributed by atoms with Gasteiger partial charge in [0.2, 0.25) is 24.1 Å². The standard InChI is InChI=1S/C44H71N5O10/c1-3-4-5-6-7-8-9-10-11-12-13-14-15-16-17-28-39(33(2)40(52)45-35-25-21-23-30-49(57)43(35)54)59-44(55)36(26-20-22-29-48(56)32-50)46-41(53)37-31-58-42(47-37)34-24-18-19-27-38(34)51/h18-19,24,27,32-33,35-37,39,51,56-57H,3-17,20-23,25-26,28-31H2,1-2H3,(H,45,52)(H,46,53)/t33-,35+,36-,37-,39-/m1/s1. The number of hydrogen-bond donors (Lipinski definition) is 5. The van der Waals surface area contributed by atoms with Crippen LogP contribution in [0.5, 0.6) is 5.75 Å². The molecule has 0 unspecified atom stereocenters. The molecule has 5 atom stereocenters. The lowest BCUT2D eigenvalue weighted by atomic mass is 9.96. The predicted octanol–water partition coefficient (Wildman–Crippen LogP) is 6.74. The summed E-state index contributed by atoms with van der Waals surface area (Å²) < 4.78 is 11.7. The van der Waals surface area contributed by atoms with Gasteiger partial charge in [0.25, 0.3) is 5.91 Å². The summed E-state index contributed by atoms with van der Waals surface area (Å²) in [5.41, 5.74) is 0.327. The second-order valence-corrected chi connectivity index (χ2v) is 16.1. The van der Waals surface area contributed by atoms with Gasteiger partial charge in [-0.3, -0.25) is 29.6 Å². The molecule has 59 heavy (non-hydrogen) atoms. The first-order valence-corrected chi connectivity index (χ1v) is 22.3. The summed E-state index contributed by atoms with van der Waals surface area (Å²) in [5.74, 6) is -3.23. The Labute approximate surface area is 350 Å². The number of carbonyl (C=O) groups is 5. The quantitative estimate of drug-likeness (QED) is 0.0182. The molecule has 4 amide bonds. The highest BCUT2D eigenvalue weighted by atomic mass is 16.5. The number of esters is 1. The molecule has 0 aliphatic carbocycles. The van der Waals surface area contributed by atoms with E-state index in [-0.39, 0.29) is 44.2 Å². The van der Waals surface area contributed by atoms with Crippen molar-refractivity contribution in [1.29, 1.82) is 0 Å². The molecule has 1 saturated heterocycles. The maximum Gasteiger partial charge on any atom is 0.328 e. The molecule has 15 heteroatoms. The number of ether oxygens (including phenoxy) is 2. The summed E-state index contributed by atoms with van der Waals surface area (Å²) in [4.78, 5) is 69.1. The molecule has 2 heterocycles. The highest BCUT2D eigenvalue weighted by molar-refractivity contribution is 6.00. The largest absolute Gasteiger partial charge is 0.507 e. The Bertz CT molecular complexity index is 1460. The zero-order valence-electron chi connectivity index (χ0n) is 35.5. The number of amides is 4. The molecular weight excluding hydrogens is 759 g/mol. The van der Waals surface area contributed by atoms with E-state index in [0.717, 1.165) is 25.7 Å². The number of hydroxylamine groups is 4. The second kappa shape index (κ2) is 28.3. The summed E-state index contributed by atoms with van der Waals surface area (Å²) in [6.45, 7) is 3.98. The topological polar surface area (TPSA) is 207 Å². The van der Waals surface area contributed by atoms with Crippen LogP contribution in [-0.4, -0.2) is 106 Å². The van der Waals surface area contributed by atoms with E-state index in [1.807, 2.05) is 0 Å². The van der Waals surface area contributed by atoms with Gasteiger partial charge in [0, 0.05) is 13.1 Å². The Balaban J connectivity index is 1.62. The van der Waals surface area contributed by atoms with Gasteiger partial charge in [-0.05, 0) is 63.5 Å². The van der Waals surface area contributed by atoms with Crippen molar-refractivity contribution in [2.45, 2.75) is 179 Å². The van der Waals surface area contributed by atoms with E-state index in [0.29, 0.717) is 60.6 Å². The lowest BCUT2D eigenvalue weighted by molar-refractivity contribution is -0.167. The Kier molecular flexibility index (Phi) is 23.5. The number of aliphatic imine (C=N–C) groups is 1. The normalized spacial score (nSPS) is 18.2. The molecule has 1 aromatic rings. The van der Waals surface area contributed by atoms with Gasteiger partial charge in [-0.2, -0.15) is 0 Å². The third-order valence-electron chi connectivity index (χ3n) is 11.3. The van der Waals surface area contributed by atoms with E-state index in [9.17, 15) is 39.5 Å². The number of para-hydroxylation sites is 1. The maximum atomic E-state index is 14.0. The molecule has 0 radical (unpaired) electrons. The van der Waals surface area contributed by atoms with Crippen molar-refractivity contribution in [2.24, 2.45) is 10.9 Å². The summed E-state index contributed by atoms with van der Waals surface area (Å²) in [5, 5.41) is 36.6. The van der Waals surface area contributed by atoms with Crippen LogP contribution in [0.2, 0.25) is 0 Å². The molecule has 0 spiro atoms. The Morgan fingerprint density at radius 3 is 2.17 bits per heavy atom. The SMILES string of the molecule is CCCCCCCCCCCCCCCCC[C@@H](OC(=O)[C@@H](CCCCN(O)C=O)NC(=O)[C@H]1COC(c2ccccc2O)=N1)[C@@H](C)C(=O)N[C@H]1CCCCN(O)C1=O. The van der Waals surface area contributed by atoms with Crippen LogP contribution in [0.3, 0.4) is 0 Å². The monoisotopic (exact) mass is 830 g/mol. The number of carbonyl (C=O) groups excluding carboxylic acids is 5. The minimum absolute atomic E-state index is 0.0219. The Morgan fingerprint density at radius 1 is 0.932 bits per heavy atom. The molecule has 3 rings (SSSR count). The zero-order chi connectivity index (χ0) is 42.8. The van der Waals surface area contributed by atoms with Crippen LogP contribution in [0, 0.1) is 5.92 Å². The van der Waals surface area contributed by atoms with E-state index in [1.165, 1.54) is 70.3 Å². The van der Waals surface area contributed by atoms with Crippen molar-refractivity contribution in [3.05, 3.63) is 29.8 Å². The lowest BCUT2D eigenvalue weighted by Gasteiger charge is -2.28. The Hall–Kier alpha value is -4.24. The van der Waals surface area contributed by atoms with Gasteiger partial charge in [-0.25, -0.2) is 19.9 Å². The number of aromatic hydroxyl groups is 1. The van der Waals surface area contributed by atoms with Crippen LogP contribution in [0.1, 0.15) is 161 Å². The highest BCUT2D eigenvalue weighted by Crippen LogP contribution is 2.23. The van der Waals surface area contributed by atoms with Crippen LogP contribution in [0.15, 0.2) is 29.3 Å². The van der Waals surface area contributed by atoms with Crippen LogP contribution in [-0.2, 0) is 33.4 Å². The molecule has 5 N–H and O–H groups in total. The first-order valence-electron chi connectivity index (χ1n) is 22.3. The molecule has 0 aromatic heterocycles. The van der Waals surface area contributed by atoms with Crippen LogP contribution in [0.4, 0.5) is 0 Å². The lowest BCUT2D eigenvalue weighted by Crippen LogP contribution is -2.51. The van der Waals surface area contributed by atoms with E-state index in [4.69, 9.17) is 9.47 Å². The summed E-state index contributed by atoms with van der Waals surface area (Å²) in [6.07, 6.45) is 20.1. The van der Waals surface area contributed by atoms with Gasteiger partial charge in [0.15, 0.2) is 6.04 Å². The van der Waals surface area contributed by atoms with Gasteiger partial charge < -0.3 is 25.2 Å². The van der Waals surface area contributed by atoms with Gasteiger partial charge in [-0.1, -0.05) is 116 Å². The van der Waals surface area contributed by atoms with Crippen molar-refractivity contribution in [2.75, 3.05) is 19.7 Å². The number of nitrogens with one attached hydrogen (secondary N) is 2. The summed E-state index contributed by atoms with van der Waals surface area (Å²) in [7, 11) is 0. The maximum absolute atomic E-state index is 14.0. The van der Waals surface area contributed by atoms with E-state index in [1.54, 1.807) is 25.1 Å². The van der Waals surface area contributed by atoms with Crippen LogP contribution >= 0.6 is 0 Å². The van der Waals surface area contributed by atoms with E-state index >= 15 is 0 Å². The summed E-state index contributed by atoms with van der Waals surface area (Å²) >= 11 is 0. The van der Waals surface area contributed by atoms with Crippen molar-refractivity contribution >= 4 is 36.0 Å². The number of rotatable bonds is 30. The zero-order valence-corrected chi connectivity index (χ0v) is 35.5. The van der Waals surface area contributed by atoms with Gasteiger partial charge in [0.05, 0.1) is 11.5 Å². The van der Waals surface area contributed by atoms with Crippen LogP contribution in [0.25, 0.3) is 0 Å². The number of hydrogen-bond acceptors (Lipinski definition) is 11. The second-order valence-electron chi connectivity index (χ2n) is 16.1. The molecule has 0 bridgehead atoms. The molecule has 2 aliphatic heterocycles. The first kappa shape index (κ1) is 49.1. The third-order valence-corrected chi connectivity index (χ3v) is 11.3. The number of phenolic OH excluding ortho intramolecular Hbond substituents is 1. The fourth-order valence-corrected chi connectivity index (χ4v) is 7.49. The fourth-order valence-electron chi connectivity index (χ4n) is 7.49. The minimum Gasteiger partial charge on any atom is -0.507 e. The minimum atomic E-state index is -1.15. The average molecular weight is 830 g/mol. The first-order chi connectivity index (χ1) is 28.5. The van der Waals surface area contributed by atoms with Crippen molar-refractivity contribution in [1.82, 2.24) is 20.8 Å². The number of unbranched alkanes of at least 4 members (excludes halogenated alkanes) is 15. The number of benzene rings is 1. The molecule has 2 aliphatic rings. The number of nitrogens with zero attached hydrogens (tertiary/aromatic N) is 3. The van der Waals surface area contributed by atoms with Crippen molar-refractivity contribution < 1.29 is 49.0 Å². The fraction of sp³-hybridized carbons (Fsp3) is 0.727. The van der Waals surface area contributed by atoms with Crippen molar-refractivity contribution in [3.8, 4) is 5.75 Å². The number of phenols is 1. The van der Waals surface area contributed by atoms with Gasteiger partial charge in [-0.15, -0.1) is 0 Å². The smallest absolute Gasteiger partial charge is 0.328 e. The third kappa shape index (κ3) is 18.3. The molecule has 1 fully saturated rings. The molecular formula is C44H71N5O10. The van der Waals surface area contributed by atoms with Gasteiger partial charge >= 0.3 is 5.97 Å². The predicted molar refractivity (Wildman–Crippen MR) is 223 cm³/mol.